The minimum atomic E-state index is 0.589. The molecule has 0 aliphatic rings. The largest absolute Gasteiger partial charge is 0.488 e. The summed E-state index contributed by atoms with van der Waals surface area (Å²) in [5.74, 6) is 0.876. The summed E-state index contributed by atoms with van der Waals surface area (Å²) < 4.78 is 6.79. The van der Waals surface area contributed by atoms with Crippen molar-refractivity contribution in [2.75, 3.05) is 6.54 Å². The van der Waals surface area contributed by atoms with E-state index in [-0.39, 0.29) is 0 Å². The smallest absolute Gasteiger partial charge is 0.133 e. The first kappa shape index (κ1) is 15.1. The maximum absolute atomic E-state index is 5.80. The monoisotopic (exact) mass is 333 g/mol. The predicted molar refractivity (Wildman–Crippen MR) is 86.9 cm³/mol. The Morgan fingerprint density at radius 3 is 2.40 bits per heavy atom. The Morgan fingerprint density at radius 1 is 1.00 bits per heavy atom. The maximum atomic E-state index is 5.80. The summed E-state index contributed by atoms with van der Waals surface area (Å²) in [6.07, 6.45) is 1.16. The van der Waals surface area contributed by atoms with Gasteiger partial charge in [0.25, 0.3) is 0 Å². The topological polar surface area (TPSA) is 21.3 Å². The Bertz CT molecular complexity index is 525. The highest BCUT2D eigenvalue weighted by atomic mass is 79.9. The second-order valence-electron chi connectivity index (χ2n) is 4.71. The molecule has 0 saturated heterocycles. The molecule has 0 atom stereocenters. The van der Waals surface area contributed by atoms with Gasteiger partial charge in [-0.3, -0.25) is 0 Å². The summed E-state index contributed by atoms with van der Waals surface area (Å²) in [5.41, 5.74) is 2.49. The average molecular weight is 334 g/mol. The first-order valence-corrected chi connectivity index (χ1v) is 7.74. The molecular weight excluding hydrogens is 314 g/mol. The van der Waals surface area contributed by atoms with Crippen LogP contribution < -0.4 is 10.1 Å². The molecule has 0 heterocycles. The van der Waals surface area contributed by atoms with E-state index in [0.717, 1.165) is 29.7 Å². The molecule has 2 aromatic rings. The van der Waals surface area contributed by atoms with Crippen molar-refractivity contribution in [2.24, 2.45) is 0 Å². The van der Waals surface area contributed by atoms with E-state index in [0.29, 0.717) is 6.61 Å². The normalized spacial score (nSPS) is 10.5. The molecule has 2 nitrogen and oxygen atoms in total. The molecule has 0 aliphatic carbocycles. The van der Waals surface area contributed by atoms with Crippen molar-refractivity contribution in [3.8, 4) is 5.75 Å². The summed E-state index contributed by atoms with van der Waals surface area (Å²) >= 11 is 3.48. The Kier molecular flexibility index (Phi) is 6.09. The number of ether oxygens (including phenoxy) is 1. The third kappa shape index (κ3) is 4.66. The third-order valence-corrected chi connectivity index (χ3v) is 3.66. The molecule has 0 aromatic heterocycles. The molecule has 2 aromatic carbocycles. The summed E-state index contributed by atoms with van der Waals surface area (Å²) in [4.78, 5) is 0. The lowest BCUT2D eigenvalue weighted by molar-refractivity contribution is 0.304. The number of halogens is 1. The molecular formula is C17H20BrNO. The average Bonchev–Trinajstić information content (AvgIpc) is 2.48. The van der Waals surface area contributed by atoms with Gasteiger partial charge >= 0.3 is 0 Å². The fourth-order valence-electron chi connectivity index (χ4n) is 1.89. The van der Waals surface area contributed by atoms with Gasteiger partial charge in [-0.2, -0.15) is 0 Å². The fraction of sp³-hybridized carbons (Fsp3) is 0.294. The second-order valence-corrected chi connectivity index (χ2v) is 5.57. The highest BCUT2D eigenvalue weighted by Gasteiger charge is 2.00. The molecule has 0 aliphatic heterocycles. The van der Waals surface area contributed by atoms with Crippen LogP contribution in [0.2, 0.25) is 0 Å². The minimum Gasteiger partial charge on any atom is -0.488 e. The van der Waals surface area contributed by atoms with Gasteiger partial charge in [0.05, 0.1) is 4.47 Å². The number of hydrogen-bond acceptors (Lipinski definition) is 2. The van der Waals surface area contributed by atoms with Gasteiger partial charge < -0.3 is 10.1 Å². The molecule has 0 radical (unpaired) electrons. The van der Waals surface area contributed by atoms with E-state index in [1.54, 1.807) is 0 Å². The van der Waals surface area contributed by atoms with E-state index in [9.17, 15) is 0 Å². The molecule has 0 unspecified atom stereocenters. The van der Waals surface area contributed by atoms with Crippen molar-refractivity contribution in [2.45, 2.75) is 26.5 Å². The summed E-state index contributed by atoms with van der Waals surface area (Å²) in [6, 6.07) is 16.5. The zero-order valence-electron chi connectivity index (χ0n) is 11.7. The van der Waals surface area contributed by atoms with E-state index in [1.807, 2.05) is 24.3 Å². The number of nitrogens with one attached hydrogen (secondary N) is 1. The predicted octanol–water partition coefficient (Wildman–Crippen LogP) is 4.53. The van der Waals surface area contributed by atoms with Crippen LogP contribution in [0.15, 0.2) is 53.0 Å². The molecule has 0 spiro atoms. The van der Waals surface area contributed by atoms with Crippen LogP contribution in [0.1, 0.15) is 24.5 Å². The third-order valence-electron chi connectivity index (χ3n) is 3.01. The highest BCUT2D eigenvalue weighted by Crippen LogP contribution is 2.24. The van der Waals surface area contributed by atoms with Crippen molar-refractivity contribution < 1.29 is 4.74 Å². The van der Waals surface area contributed by atoms with E-state index in [4.69, 9.17) is 4.74 Å². The zero-order valence-corrected chi connectivity index (χ0v) is 13.3. The first-order chi connectivity index (χ1) is 9.79. The van der Waals surface area contributed by atoms with E-state index in [2.05, 4.69) is 52.4 Å². The summed E-state index contributed by atoms with van der Waals surface area (Å²) in [7, 11) is 0. The van der Waals surface area contributed by atoms with Crippen LogP contribution in [-0.4, -0.2) is 6.54 Å². The van der Waals surface area contributed by atoms with Gasteiger partial charge in [0.1, 0.15) is 12.4 Å². The first-order valence-electron chi connectivity index (χ1n) is 6.95. The maximum Gasteiger partial charge on any atom is 0.133 e. The number of para-hydroxylation sites is 1. The molecule has 2 rings (SSSR count). The van der Waals surface area contributed by atoms with Crippen LogP contribution in [0.5, 0.6) is 5.75 Å². The lowest BCUT2D eigenvalue weighted by atomic mass is 10.1. The van der Waals surface area contributed by atoms with Gasteiger partial charge in [-0.25, -0.2) is 0 Å². The van der Waals surface area contributed by atoms with Gasteiger partial charge in [0, 0.05) is 6.54 Å². The van der Waals surface area contributed by atoms with Gasteiger partial charge in [0.2, 0.25) is 0 Å². The van der Waals surface area contributed by atoms with Crippen LogP contribution in [0.4, 0.5) is 0 Å². The van der Waals surface area contributed by atoms with Crippen molar-refractivity contribution >= 4 is 15.9 Å². The molecule has 0 bridgehead atoms. The Hall–Kier alpha value is -1.32. The van der Waals surface area contributed by atoms with E-state index >= 15 is 0 Å². The standard InChI is InChI=1S/C17H20BrNO/c1-2-11-19-12-14-7-9-15(10-8-14)13-20-17-6-4-3-5-16(17)18/h3-10,19H,2,11-13H2,1H3. The van der Waals surface area contributed by atoms with E-state index < -0.39 is 0 Å². The number of hydrogen-bond donors (Lipinski definition) is 1. The van der Waals surface area contributed by atoms with Gasteiger partial charge in [-0.15, -0.1) is 0 Å². The zero-order chi connectivity index (χ0) is 14.2. The van der Waals surface area contributed by atoms with Crippen LogP contribution in [0.3, 0.4) is 0 Å². The molecule has 106 valence electrons. The van der Waals surface area contributed by atoms with Crippen LogP contribution in [0.25, 0.3) is 0 Å². The molecule has 0 fully saturated rings. The lowest BCUT2D eigenvalue weighted by Crippen LogP contribution is -2.13. The molecule has 20 heavy (non-hydrogen) atoms. The Morgan fingerprint density at radius 2 is 1.70 bits per heavy atom. The molecule has 0 amide bonds. The second kappa shape index (κ2) is 8.08. The molecule has 0 saturated carbocycles. The Balaban J connectivity index is 1.86. The summed E-state index contributed by atoms with van der Waals surface area (Å²) in [6.45, 7) is 4.76. The van der Waals surface area contributed by atoms with Crippen molar-refractivity contribution in [3.05, 3.63) is 64.1 Å². The number of benzene rings is 2. The highest BCUT2D eigenvalue weighted by molar-refractivity contribution is 9.10. The number of rotatable bonds is 7. The molecule has 1 N–H and O–H groups in total. The van der Waals surface area contributed by atoms with Crippen LogP contribution in [0, 0.1) is 0 Å². The molecule has 3 heteroatoms. The lowest BCUT2D eigenvalue weighted by Gasteiger charge is -2.09. The van der Waals surface area contributed by atoms with E-state index in [1.165, 1.54) is 11.1 Å². The van der Waals surface area contributed by atoms with Crippen molar-refractivity contribution in [1.82, 2.24) is 5.32 Å². The SMILES string of the molecule is CCCNCc1ccc(COc2ccccc2Br)cc1. The van der Waals surface area contributed by atoms with Crippen molar-refractivity contribution in [3.63, 3.8) is 0 Å². The van der Waals surface area contributed by atoms with Crippen molar-refractivity contribution in [1.29, 1.82) is 0 Å². The quantitative estimate of drug-likeness (QED) is 0.751. The summed E-state index contributed by atoms with van der Waals surface area (Å²) in [5, 5.41) is 3.40. The Labute approximate surface area is 129 Å². The minimum absolute atomic E-state index is 0.589. The fourth-order valence-corrected chi connectivity index (χ4v) is 2.28. The van der Waals surface area contributed by atoms with Crippen LogP contribution >= 0.6 is 15.9 Å². The van der Waals surface area contributed by atoms with Gasteiger partial charge in [-0.05, 0) is 52.2 Å². The van der Waals surface area contributed by atoms with Gasteiger partial charge in [0.15, 0.2) is 0 Å². The van der Waals surface area contributed by atoms with Crippen LogP contribution in [-0.2, 0) is 13.2 Å². The van der Waals surface area contributed by atoms with Gasteiger partial charge in [-0.1, -0.05) is 43.3 Å².